The van der Waals surface area contributed by atoms with Gasteiger partial charge in [-0.15, -0.1) is 0 Å². The lowest BCUT2D eigenvalue weighted by Crippen LogP contribution is -2.09. The van der Waals surface area contributed by atoms with Crippen LogP contribution in [0.2, 0.25) is 0 Å². The first-order valence-electron chi connectivity index (χ1n) is 6.52. The fourth-order valence-electron chi connectivity index (χ4n) is 1.88. The van der Waals surface area contributed by atoms with Crippen LogP contribution in [0.3, 0.4) is 0 Å². The van der Waals surface area contributed by atoms with Gasteiger partial charge in [-0.25, -0.2) is 4.98 Å². The summed E-state index contributed by atoms with van der Waals surface area (Å²) >= 11 is 0. The Labute approximate surface area is 108 Å². The van der Waals surface area contributed by atoms with Crippen LogP contribution in [0.25, 0.3) is 0 Å². The number of unbranched alkanes of at least 4 members (excludes halogenated alkanes) is 1. The molecule has 5 heteroatoms. The average Bonchev–Trinajstić information content (AvgIpc) is 2.96. The van der Waals surface area contributed by atoms with Crippen LogP contribution in [-0.2, 0) is 20.0 Å². The molecular weight excluding hydrogens is 226 g/mol. The molecule has 1 N–H and O–H groups in total. The molecule has 0 unspecified atom stereocenters. The van der Waals surface area contributed by atoms with Crippen LogP contribution in [0.15, 0.2) is 24.8 Å². The van der Waals surface area contributed by atoms with Crippen molar-refractivity contribution in [3.8, 4) is 0 Å². The number of aryl methyl sites for hydroxylation is 3. The van der Waals surface area contributed by atoms with Gasteiger partial charge in [-0.1, -0.05) is 13.3 Å². The van der Waals surface area contributed by atoms with E-state index in [1.807, 2.05) is 30.3 Å². The number of nitrogens with zero attached hydrogens (tertiary/aromatic N) is 4. The van der Waals surface area contributed by atoms with E-state index in [0.717, 1.165) is 25.5 Å². The van der Waals surface area contributed by atoms with Gasteiger partial charge < -0.3 is 9.88 Å². The van der Waals surface area contributed by atoms with Crippen molar-refractivity contribution in [3.05, 3.63) is 30.4 Å². The summed E-state index contributed by atoms with van der Waals surface area (Å²) in [6.45, 7) is 4.11. The van der Waals surface area contributed by atoms with Crippen molar-refractivity contribution < 1.29 is 0 Å². The lowest BCUT2D eigenvalue weighted by atomic mass is 10.2. The third-order valence-corrected chi connectivity index (χ3v) is 2.93. The van der Waals surface area contributed by atoms with Gasteiger partial charge in [0.05, 0.1) is 6.20 Å². The molecule has 2 aromatic heterocycles. The van der Waals surface area contributed by atoms with Gasteiger partial charge in [-0.05, 0) is 18.4 Å². The van der Waals surface area contributed by atoms with Gasteiger partial charge in [0, 0.05) is 38.7 Å². The van der Waals surface area contributed by atoms with Crippen LogP contribution in [0.1, 0.15) is 25.3 Å². The van der Waals surface area contributed by atoms with E-state index < -0.39 is 0 Å². The van der Waals surface area contributed by atoms with Gasteiger partial charge >= 0.3 is 0 Å². The Kier molecular flexibility index (Phi) is 4.39. The highest BCUT2D eigenvalue weighted by Crippen LogP contribution is 2.07. The highest BCUT2D eigenvalue weighted by molar-refractivity contribution is 5.25. The molecule has 0 aliphatic carbocycles. The number of anilines is 1. The van der Waals surface area contributed by atoms with E-state index in [1.54, 1.807) is 0 Å². The maximum atomic E-state index is 4.34. The topological polar surface area (TPSA) is 47.7 Å². The van der Waals surface area contributed by atoms with Gasteiger partial charge in [0.1, 0.15) is 0 Å². The number of imidazole rings is 1. The second-order valence-electron chi connectivity index (χ2n) is 4.50. The second-order valence-corrected chi connectivity index (χ2v) is 4.50. The molecule has 18 heavy (non-hydrogen) atoms. The molecule has 0 fully saturated rings. The Bertz CT molecular complexity index is 471. The highest BCUT2D eigenvalue weighted by atomic mass is 15.2. The van der Waals surface area contributed by atoms with Gasteiger partial charge in [-0.3, -0.25) is 4.68 Å². The third kappa shape index (κ3) is 3.35. The molecule has 0 bridgehead atoms. The molecule has 0 saturated carbocycles. The van der Waals surface area contributed by atoms with Crippen molar-refractivity contribution in [3.63, 3.8) is 0 Å². The SMILES string of the molecule is CCCCNc1nccn1CCc1cnn(C)c1. The fraction of sp³-hybridized carbons (Fsp3) is 0.538. The summed E-state index contributed by atoms with van der Waals surface area (Å²) in [4.78, 5) is 4.34. The van der Waals surface area contributed by atoms with E-state index in [-0.39, 0.29) is 0 Å². The molecule has 0 aromatic carbocycles. The van der Waals surface area contributed by atoms with Crippen molar-refractivity contribution in [2.45, 2.75) is 32.7 Å². The van der Waals surface area contributed by atoms with E-state index in [2.05, 4.69) is 33.1 Å². The Morgan fingerprint density at radius 2 is 2.28 bits per heavy atom. The van der Waals surface area contributed by atoms with Gasteiger partial charge in [0.2, 0.25) is 5.95 Å². The van der Waals surface area contributed by atoms with Gasteiger partial charge in [-0.2, -0.15) is 5.10 Å². The molecule has 98 valence electrons. The summed E-state index contributed by atoms with van der Waals surface area (Å²) in [7, 11) is 1.94. The summed E-state index contributed by atoms with van der Waals surface area (Å²) in [5.41, 5.74) is 1.26. The Morgan fingerprint density at radius 3 is 3.00 bits per heavy atom. The van der Waals surface area contributed by atoms with Crippen LogP contribution in [0.4, 0.5) is 5.95 Å². The predicted octanol–water partition coefficient (Wildman–Crippen LogP) is 2.07. The van der Waals surface area contributed by atoms with Gasteiger partial charge in [0.25, 0.3) is 0 Å². The molecule has 2 rings (SSSR count). The zero-order chi connectivity index (χ0) is 12.8. The molecule has 2 aromatic rings. The summed E-state index contributed by atoms with van der Waals surface area (Å²) in [5.74, 6) is 0.965. The zero-order valence-electron chi connectivity index (χ0n) is 11.1. The molecule has 0 atom stereocenters. The smallest absolute Gasteiger partial charge is 0.202 e. The number of rotatable bonds is 7. The number of nitrogens with one attached hydrogen (secondary N) is 1. The molecule has 2 heterocycles. The van der Waals surface area contributed by atoms with Crippen LogP contribution in [-0.4, -0.2) is 25.9 Å². The minimum absolute atomic E-state index is 0.931. The molecule has 0 aliphatic rings. The molecule has 0 aliphatic heterocycles. The Morgan fingerprint density at radius 1 is 1.39 bits per heavy atom. The van der Waals surface area contributed by atoms with E-state index in [9.17, 15) is 0 Å². The molecule has 0 saturated heterocycles. The zero-order valence-corrected chi connectivity index (χ0v) is 11.1. The van der Waals surface area contributed by atoms with E-state index in [4.69, 9.17) is 0 Å². The first kappa shape index (κ1) is 12.7. The Balaban J connectivity index is 1.87. The summed E-state index contributed by atoms with van der Waals surface area (Å²) in [6.07, 6.45) is 11.2. The molecule has 0 radical (unpaired) electrons. The number of hydrogen-bond donors (Lipinski definition) is 1. The molecule has 0 spiro atoms. The first-order valence-corrected chi connectivity index (χ1v) is 6.52. The minimum Gasteiger partial charge on any atom is -0.356 e. The van der Waals surface area contributed by atoms with Crippen molar-refractivity contribution >= 4 is 5.95 Å². The van der Waals surface area contributed by atoms with Gasteiger partial charge in [0.15, 0.2) is 0 Å². The van der Waals surface area contributed by atoms with Crippen LogP contribution in [0, 0.1) is 0 Å². The van der Waals surface area contributed by atoms with Crippen molar-refractivity contribution in [1.82, 2.24) is 19.3 Å². The quantitative estimate of drug-likeness (QED) is 0.762. The number of aromatic nitrogens is 4. The molecule has 5 nitrogen and oxygen atoms in total. The maximum Gasteiger partial charge on any atom is 0.202 e. The first-order chi connectivity index (χ1) is 8.79. The highest BCUT2D eigenvalue weighted by Gasteiger charge is 2.03. The standard InChI is InChI=1S/C13H21N5/c1-3-4-6-14-13-15-7-9-18(13)8-5-12-10-16-17(2)11-12/h7,9-11H,3-6,8H2,1-2H3,(H,14,15). The van der Waals surface area contributed by atoms with Crippen molar-refractivity contribution in [2.24, 2.45) is 7.05 Å². The monoisotopic (exact) mass is 247 g/mol. The molecule has 0 amide bonds. The molecular formula is C13H21N5. The summed E-state index contributed by atoms with van der Waals surface area (Å²) in [6, 6.07) is 0. The van der Waals surface area contributed by atoms with Crippen LogP contribution >= 0.6 is 0 Å². The van der Waals surface area contributed by atoms with Crippen molar-refractivity contribution in [1.29, 1.82) is 0 Å². The minimum atomic E-state index is 0.931. The average molecular weight is 247 g/mol. The lowest BCUT2D eigenvalue weighted by molar-refractivity contribution is 0.694. The maximum absolute atomic E-state index is 4.34. The van der Waals surface area contributed by atoms with Crippen molar-refractivity contribution in [2.75, 3.05) is 11.9 Å². The second kappa shape index (κ2) is 6.23. The summed E-state index contributed by atoms with van der Waals surface area (Å²) in [5, 5.41) is 7.54. The third-order valence-electron chi connectivity index (χ3n) is 2.93. The van der Waals surface area contributed by atoms with E-state index in [1.165, 1.54) is 18.4 Å². The largest absolute Gasteiger partial charge is 0.356 e. The van der Waals surface area contributed by atoms with Crippen LogP contribution in [0.5, 0.6) is 0 Å². The lowest BCUT2D eigenvalue weighted by Gasteiger charge is -2.08. The van der Waals surface area contributed by atoms with E-state index >= 15 is 0 Å². The predicted molar refractivity (Wildman–Crippen MR) is 72.5 cm³/mol. The van der Waals surface area contributed by atoms with Crippen LogP contribution < -0.4 is 5.32 Å². The fourth-order valence-corrected chi connectivity index (χ4v) is 1.88. The normalized spacial score (nSPS) is 10.8. The van der Waals surface area contributed by atoms with E-state index in [0.29, 0.717) is 0 Å². The summed E-state index contributed by atoms with van der Waals surface area (Å²) < 4.78 is 3.99. The Hall–Kier alpha value is -1.78. The number of hydrogen-bond acceptors (Lipinski definition) is 3.